The molecule has 6 N–H and O–H groups in total. The van der Waals surface area contributed by atoms with Crippen LogP contribution >= 0.6 is 0 Å². The van der Waals surface area contributed by atoms with Crippen LogP contribution in [0.2, 0.25) is 0 Å². The van der Waals surface area contributed by atoms with Gasteiger partial charge < -0.3 is 36.3 Å². The first-order chi connectivity index (χ1) is 17.3. The number of aldehydes is 3. The quantitative estimate of drug-likeness (QED) is 0.362. The smallest absolute Gasteiger partial charge is 0.223 e. The summed E-state index contributed by atoms with van der Waals surface area (Å²) in [5, 5.41) is 9.32. The molecule has 0 saturated carbocycles. The van der Waals surface area contributed by atoms with Crippen molar-refractivity contribution < 1.29 is 19.2 Å². The first-order valence-corrected chi connectivity index (χ1v) is 12.4. The van der Waals surface area contributed by atoms with Gasteiger partial charge in [0.1, 0.15) is 12.6 Å². The van der Waals surface area contributed by atoms with E-state index in [0.717, 1.165) is 48.6 Å². The van der Waals surface area contributed by atoms with E-state index in [2.05, 4.69) is 47.4 Å². The molecule has 0 spiro atoms. The number of likely N-dealkylation sites (N-methyl/N-ethyl adjacent to an activating group) is 2. The highest BCUT2D eigenvalue weighted by molar-refractivity contribution is 5.87. The number of aromatic amines is 1. The fourth-order valence-electron chi connectivity index (χ4n) is 2.66. The van der Waals surface area contributed by atoms with Gasteiger partial charge in [0.2, 0.25) is 5.91 Å². The van der Waals surface area contributed by atoms with Crippen LogP contribution in [0.15, 0.2) is 30.3 Å². The van der Waals surface area contributed by atoms with Crippen molar-refractivity contribution in [1.82, 2.24) is 20.9 Å². The van der Waals surface area contributed by atoms with Crippen molar-refractivity contribution >= 4 is 35.7 Å². The number of amides is 1. The van der Waals surface area contributed by atoms with Gasteiger partial charge in [0.25, 0.3) is 0 Å². The van der Waals surface area contributed by atoms with Crippen LogP contribution in [0.3, 0.4) is 0 Å². The Balaban J connectivity index is -0.000000416. The summed E-state index contributed by atoms with van der Waals surface area (Å²) in [4.78, 5) is 44.2. The molecule has 0 aliphatic carbocycles. The predicted molar refractivity (Wildman–Crippen MR) is 150 cm³/mol. The number of benzene rings is 1. The van der Waals surface area contributed by atoms with Gasteiger partial charge in [0.05, 0.1) is 18.3 Å². The largest absolute Gasteiger partial charge is 0.356 e. The number of para-hydroxylation sites is 1. The summed E-state index contributed by atoms with van der Waals surface area (Å²) in [7, 11) is 4.96. The molecule has 1 amide bonds. The Morgan fingerprint density at radius 3 is 2.03 bits per heavy atom. The topological polar surface area (TPSA) is 146 Å². The molecule has 2 aromatic rings. The molecule has 1 aliphatic heterocycles. The lowest BCUT2D eigenvalue weighted by Gasteiger charge is -2.11. The second-order valence-electron chi connectivity index (χ2n) is 7.93. The van der Waals surface area contributed by atoms with E-state index < -0.39 is 0 Å². The summed E-state index contributed by atoms with van der Waals surface area (Å²) in [6.45, 7) is 11.7. The molecule has 1 aromatic carbocycles. The molecule has 2 unspecified atom stereocenters. The highest BCUT2D eigenvalue weighted by atomic mass is 16.2. The minimum atomic E-state index is -0.182. The van der Waals surface area contributed by atoms with E-state index in [9.17, 15) is 19.2 Å². The van der Waals surface area contributed by atoms with E-state index in [1.807, 2.05) is 44.2 Å². The summed E-state index contributed by atoms with van der Waals surface area (Å²) in [5.41, 5.74) is 6.14. The highest BCUT2D eigenvalue weighted by Gasteiger charge is 2.26. The summed E-state index contributed by atoms with van der Waals surface area (Å²) < 4.78 is 0. The molecule has 206 valence electrons. The van der Waals surface area contributed by atoms with E-state index in [4.69, 9.17) is 0 Å². The number of H-pyrrole nitrogens is 1. The molecule has 3 rings (SSSR count). The van der Waals surface area contributed by atoms with Crippen LogP contribution in [0.5, 0.6) is 0 Å². The normalized spacial score (nSPS) is 13.8. The molecule has 1 aromatic heterocycles. The lowest BCUT2D eigenvalue weighted by molar-refractivity contribution is -0.122. The SMILES string of the molecule is CC.CC(C)C.CN.CNC(C=O)CC1CCNC1=O.CNCC=O.O=Cc1cc2ccccc2[nH]1. The third-order valence-corrected chi connectivity index (χ3v) is 4.20. The van der Waals surface area contributed by atoms with Crippen molar-refractivity contribution in [2.24, 2.45) is 17.6 Å². The van der Waals surface area contributed by atoms with Gasteiger partial charge in [-0.3, -0.25) is 9.59 Å². The van der Waals surface area contributed by atoms with Crippen molar-refractivity contribution in [1.29, 1.82) is 0 Å². The molecule has 9 nitrogen and oxygen atoms in total. The zero-order chi connectivity index (χ0) is 28.4. The number of rotatable bonds is 7. The van der Waals surface area contributed by atoms with Gasteiger partial charge in [-0.15, -0.1) is 0 Å². The second kappa shape index (κ2) is 26.7. The molecule has 2 heterocycles. The molecule has 1 saturated heterocycles. The Kier molecular flexibility index (Phi) is 28.0. The van der Waals surface area contributed by atoms with Crippen LogP contribution in [0.25, 0.3) is 10.9 Å². The minimum absolute atomic E-state index is 0.0210. The number of nitrogens with one attached hydrogen (secondary N) is 4. The summed E-state index contributed by atoms with van der Waals surface area (Å²) in [6.07, 6.45) is 3.96. The zero-order valence-electron chi connectivity index (χ0n) is 23.4. The first-order valence-electron chi connectivity index (χ1n) is 12.4. The van der Waals surface area contributed by atoms with E-state index in [1.54, 1.807) is 14.1 Å². The monoisotopic (exact) mass is 507 g/mol. The average Bonchev–Trinajstić information content (AvgIpc) is 3.51. The molecule has 1 fully saturated rings. The van der Waals surface area contributed by atoms with Gasteiger partial charge in [-0.05, 0) is 52.0 Å². The number of hydrogen-bond acceptors (Lipinski definition) is 7. The van der Waals surface area contributed by atoms with Crippen LogP contribution in [0, 0.1) is 11.8 Å². The van der Waals surface area contributed by atoms with E-state index in [1.165, 1.54) is 7.05 Å². The van der Waals surface area contributed by atoms with E-state index >= 15 is 0 Å². The number of carbonyl (C=O) groups excluding carboxylic acids is 4. The highest BCUT2D eigenvalue weighted by Crippen LogP contribution is 2.15. The molecule has 2 atom stereocenters. The lowest BCUT2D eigenvalue weighted by Crippen LogP contribution is -2.31. The maximum Gasteiger partial charge on any atom is 0.223 e. The summed E-state index contributed by atoms with van der Waals surface area (Å²) >= 11 is 0. The second-order valence-corrected chi connectivity index (χ2v) is 7.93. The average molecular weight is 508 g/mol. The van der Waals surface area contributed by atoms with Crippen molar-refractivity contribution in [2.75, 3.05) is 34.2 Å². The van der Waals surface area contributed by atoms with Gasteiger partial charge >= 0.3 is 0 Å². The molecule has 9 heteroatoms. The van der Waals surface area contributed by atoms with Crippen molar-refractivity contribution in [3.05, 3.63) is 36.0 Å². The minimum Gasteiger partial charge on any atom is -0.356 e. The van der Waals surface area contributed by atoms with Crippen LogP contribution in [0.1, 0.15) is 57.9 Å². The van der Waals surface area contributed by atoms with Gasteiger partial charge in [0, 0.05) is 23.4 Å². The van der Waals surface area contributed by atoms with E-state index in [-0.39, 0.29) is 17.9 Å². The number of carbonyl (C=O) groups is 4. The number of nitrogens with two attached hydrogens (primary N) is 1. The van der Waals surface area contributed by atoms with Crippen LogP contribution in [0.4, 0.5) is 0 Å². The number of hydrogen-bond donors (Lipinski definition) is 5. The Labute approximate surface area is 217 Å². The summed E-state index contributed by atoms with van der Waals surface area (Å²) in [5.74, 6) is 0.935. The number of aromatic nitrogens is 1. The molecule has 36 heavy (non-hydrogen) atoms. The first kappa shape index (κ1) is 37.7. The maximum absolute atomic E-state index is 11.1. The molecule has 0 radical (unpaired) electrons. The molecular formula is C27H49N5O4. The fourth-order valence-corrected chi connectivity index (χ4v) is 2.66. The maximum atomic E-state index is 11.1. The Morgan fingerprint density at radius 1 is 1.08 bits per heavy atom. The van der Waals surface area contributed by atoms with Crippen LogP contribution in [-0.2, 0) is 14.4 Å². The van der Waals surface area contributed by atoms with Crippen molar-refractivity contribution in [3.8, 4) is 0 Å². The fraction of sp³-hybridized carbons (Fsp3) is 0.556. The summed E-state index contributed by atoms with van der Waals surface area (Å²) in [6, 6.07) is 9.46. The van der Waals surface area contributed by atoms with Crippen molar-refractivity contribution in [3.63, 3.8) is 0 Å². The molecular weight excluding hydrogens is 458 g/mol. The Bertz CT molecular complexity index is 773. The van der Waals surface area contributed by atoms with E-state index in [0.29, 0.717) is 18.7 Å². The lowest BCUT2D eigenvalue weighted by atomic mass is 9.99. The van der Waals surface area contributed by atoms with Crippen LogP contribution in [-0.4, -0.2) is 70.0 Å². The molecule has 0 bridgehead atoms. The van der Waals surface area contributed by atoms with Gasteiger partial charge in [-0.2, -0.15) is 0 Å². The Hall–Kier alpha value is -2.88. The standard InChI is InChI=1S/C9H7NO.C8H14N2O2.C4H10.C3H7NO.C2H6.CH5N/c11-6-8-5-7-3-1-2-4-9(7)10-8;1-9-7(5-11)4-6-2-3-10-8(6)12;1-4(2)3;1-4-2-3-5;2*1-2/h1-6,10H;5-7,9H,2-4H2,1H3,(H,10,12);4H,1-3H3;3-4H,2H2,1H3;1-2H3;2H2,1H3. The van der Waals surface area contributed by atoms with Crippen molar-refractivity contribution in [2.45, 2.75) is 53.5 Å². The predicted octanol–water partition coefficient (Wildman–Crippen LogP) is 2.95. The van der Waals surface area contributed by atoms with Gasteiger partial charge in [0.15, 0.2) is 6.29 Å². The van der Waals surface area contributed by atoms with Gasteiger partial charge in [-0.1, -0.05) is 52.8 Å². The third-order valence-electron chi connectivity index (χ3n) is 4.20. The van der Waals surface area contributed by atoms with Gasteiger partial charge in [-0.25, -0.2) is 0 Å². The number of fused-ring (bicyclic) bond motifs is 1. The zero-order valence-corrected chi connectivity index (χ0v) is 23.4. The van der Waals surface area contributed by atoms with Crippen LogP contribution < -0.4 is 21.7 Å². The Morgan fingerprint density at radius 2 is 1.67 bits per heavy atom. The molecule has 1 aliphatic rings. The third kappa shape index (κ3) is 19.4.